The van der Waals surface area contributed by atoms with Crippen molar-refractivity contribution >= 4 is 29.1 Å². The summed E-state index contributed by atoms with van der Waals surface area (Å²) in [5.74, 6) is 0.0990. The molecular formula is C16H12Cl2FNO3. The first-order chi connectivity index (χ1) is 11.0. The standard InChI is InChI=1S/C16H12Cl2FNO3/c1-8(9-2-3-14-15(4-9)23-7-22-14)20-16(21)10-5-13(19)12(18)6-11(10)17/h2-6,8H,7H2,1H3,(H,20,21). The van der Waals surface area contributed by atoms with Crippen LogP contribution < -0.4 is 14.8 Å². The third kappa shape index (κ3) is 3.21. The molecule has 4 nitrogen and oxygen atoms in total. The minimum Gasteiger partial charge on any atom is -0.454 e. The van der Waals surface area contributed by atoms with Crippen molar-refractivity contribution in [3.63, 3.8) is 0 Å². The molecule has 23 heavy (non-hydrogen) atoms. The van der Waals surface area contributed by atoms with Crippen molar-refractivity contribution in [2.75, 3.05) is 6.79 Å². The number of halogens is 3. The van der Waals surface area contributed by atoms with Crippen LogP contribution in [0.15, 0.2) is 30.3 Å². The first kappa shape index (κ1) is 15.9. The molecule has 0 aliphatic carbocycles. The largest absolute Gasteiger partial charge is 0.454 e. The van der Waals surface area contributed by atoms with Crippen molar-refractivity contribution in [2.24, 2.45) is 0 Å². The number of fused-ring (bicyclic) bond motifs is 1. The summed E-state index contributed by atoms with van der Waals surface area (Å²) in [6, 6.07) is 7.28. The minimum absolute atomic E-state index is 0.0289. The monoisotopic (exact) mass is 355 g/mol. The summed E-state index contributed by atoms with van der Waals surface area (Å²) in [6.45, 7) is 1.98. The van der Waals surface area contributed by atoms with Gasteiger partial charge in [-0.2, -0.15) is 0 Å². The quantitative estimate of drug-likeness (QED) is 0.832. The predicted octanol–water partition coefficient (Wildman–Crippen LogP) is 4.35. The van der Waals surface area contributed by atoms with Crippen molar-refractivity contribution < 1.29 is 18.7 Å². The lowest BCUT2D eigenvalue weighted by atomic mass is 10.1. The Kier molecular flexibility index (Phi) is 4.33. The van der Waals surface area contributed by atoms with E-state index in [1.165, 1.54) is 6.07 Å². The predicted molar refractivity (Wildman–Crippen MR) is 84.9 cm³/mol. The van der Waals surface area contributed by atoms with E-state index in [0.717, 1.165) is 11.6 Å². The van der Waals surface area contributed by atoms with Gasteiger partial charge in [0.2, 0.25) is 6.79 Å². The third-order valence-corrected chi connectivity index (χ3v) is 4.10. The topological polar surface area (TPSA) is 47.6 Å². The number of amides is 1. The van der Waals surface area contributed by atoms with Crippen molar-refractivity contribution in [3.8, 4) is 11.5 Å². The molecule has 1 N–H and O–H groups in total. The molecule has 2 aromatic rings. The van der Waals surface area contributed by atoms with E-state index in [0.29, 0.717) is 11.5 Å². The van der Waals surface area contributed by atoms with Crippen LogP contribution in [-0.4, -0.2) is 12.7 Å². The summed E-state index contributed by atoms with van der Waals surface area (Å²) < 4.78 is 24.1. The molecule has 7 heteroatoms. The van der Waals surface area contributed by atoms with Gasteiger partial charge in [0.15, 0.2) is 11.5 Å². The zero-order chi connectivity index (χ0) is 16.6. The van der Waals surface area contributed by atoms with Crippen molar-refractivity contribution in [1.82, 2.24) is 5.32 Å². The summed E-state index contributed by atoms with van der Waals surface area (Å²) in [7, 11) is 0. The minimum atomic E-state index is -0.697. The Morgan fingerprint density at radius 1 is 1.17 bits per heavy atom. The van der Waals surface area contributed by atoms with Crippen LogP contribution >= 0.6 is 23.2 Å². The highest BCUT2D eigenvalue weighted by atomic mass is 35.5. The van der Waals surface area contributed by atoms with Crippen LogP contribution in [0.5, 0.6) is 11.5 Å². The fourth-order valence-electron chi connectivity index (χ4n) is 2.24. The fourth-order valence-corrected chi connectivity index (χ4v) is 2.71. The van der Waals surface area contributed by atoms with E-state index in [1.807, 2.05) is 6.07 Å². The molecule has 0 bridgehead atoms. The average Bonchev–Trinajstić information content (AvgIpc) is 2.98. The second-order valence-electron chi connectivity index (χ2n) is 5.05. The van der Waals surface area contributed by atoms with Gasteiger partial charge in [-0.1, -0.05) is 29.3 Å². The summed E-state index contributed by atoms with van der Waals surface area (Å²) in [5, 5.41) is 2.72. The number of benzene rings is 2. The molecule has 0 radical (unpaired) electrons. The maximum Gasteiger partial charge on any atom is 0.253 e. The van der Waals surface area contributed by atoms with Crippen LogP contribution in [0.4, 0.5) is 4.39 Å². The molecule has 0 aromatic heterocycles. The van der Waals surface area contributed by atoms with Crippen LogP contribution in [0.2, 0.25) is 10.0 Å². The lowest BCUT2D eigenvalue weighted by molar-refractivity contribution is 0.0939. The highest BCUT2D eigenvalue weighted by Crippen LogP contribution is 2.34. The van der Waals surface area contributed by atoms with E-state index >= 15 is 0 Å². The first-order valence-electron chi connectivity index (χ1n) is 6.80. The van der Waals surface area contributed by atoms with E-state index in [1.54, 1.807) is 19.1 Å². The molecule has 0 fully saturated rings. The van der Waals surface area contributed by atoms with Crippen LogP contribution in [0.25, 0.3) is 0 Å². The van der Waals surface area contributed by atoms with Crippen LogP contribution in [0.3, 0.4) is 0 Å². The van der Waals surface area contributed by atoms with Crippen molar-refractivity contribution in [3.05, 3.63) is 57.3 Å². The highest BCUT2D eigenvalue weighted by molar-refractivity contribution is 6.36. The fraction of sp³-hybridized carbons (Fsp3) is 0.188. The zero-order valence-electron chi connectivity index (χ0n) is 12.0. The number of hydrogen-bond acceptors (Lipinski definition) is 3. The normalized spacial score (nSPS) is 13.7. The molecule has 1 heterocycles. The molecule has 1 amide bonds. The van der Waals surface area contributed by atoms with Gasteiger partial charge >= 0.3 is 0 Å². The smallest absolute Gasteiger partial charge is 0.253 e. The number of carbonyl (C=O) groups is 1. The van der Waals surface area contributed by atoms with Crippen LogP contribution in [-0.2, 0) is 0 Å². The molecule has 0 saturated heterocycles. The van der Waals surface area contributed by atoms with Gasteiger partial charge in [-0.05, 0) is 36.8 Å². The molecule has 1 aliphatic rings. The van der Waals surface area contributed by atoms with Gasteiger partial charge in [-0.3, -0.25) is 4.79 Å². The SMILES string of the molecule is CC(NC(=O)c1cc(F)c(Cl)cc1Cl)c1ccc2c(c1)OCO2. The Morgan fingerprint density at radius 3 is 2.70 bits per heavy atom. The van der Waals surface area contributed by atoms with Gasteiger partial charge in [0.25, 0.3) is 5.91 Å². The Morgan fingerprint density at radius 2 is 1.91 bits per heavy atom. The first-order valence-corrected chi connectivity index (χ1v) is 7.56. The van der Waals surface area contributed by atoms with E-state index in [-0.39, 0.29) is 28.4 Å². The molecule has 1 atom stereocenters. The van der Waals surface area contributed by atoms with Gasteiger partial charge in [0.05, 0.1) is 21.7 Å². The Hall–Kier alpha value is -1.98. The van der Waals surface area contributed by atoms with E-state index < -0.39 is 11.7 Å². The maximum absolute atomic E-state index is 13.5. The zero-order valence-corrected chi connectivity index (χ0v) is 13.5. The van der Waals surface area contributed by atoms with E-state index in [9.17, 15) is 9.18 Å². The van der Waals surface area contributed by atoms with Crippen molar-refractivity contribution in [1.29, 1.82) is 0 Å². The van der Waals surface area contributed by atoms with Gasteiger partial charge < -0.3 is 14.8 Å². The van der Waals surface area contributed by atoms with Crippen LogP contribution in [0, 0.1) is 5.82 Å². The Bertz CT molecular complexity index is 782. The number of rotatable bonds is 3. The lowest BCUT2D eigenvalue weighted by Gasteiger charge is -2.15. The molecule has 2 aromatic carbocycles. The van der Waals surface area contributed by atoms with Gasteiger partial charge in [0, 0.05) is 0 Å². The summed E-state index contributed by atoms with van der Waals surface area (Å²) in [4.78, 5) is 12.3. The number of ether oxygens (including phenoxy) is 2. The van der Waals surface area contributed by atoms with E-state index in [4.69, 9.17) is 32.7 Å². The van der Waals surface area contributed by atoms with Crippen molar-refractivity contribution in [2.45, 2.75) is 13.0 Å². The lowest BCUT2D eigenvalue weighted by Crippen LogP contribution is -2.27. The van der Waals surface area contributed by atoms with Gasteiger partial charge in [-0.25, -0.2) is 4.39 Å². The number of nitrogens with one attached hydrogen (secondary N) is 1. The number of hydrogen-bond donors (Lipinski definition) is 1. The second kappa shape index (κ2) is 6.26. The molecule has 3 rings (SSSR count). The highest BCUT2D eigenvalue weighted by Gasteiger charge is 2.19. The van der Waals surface area contributed by atoms with Gasteiger partial charge in [-0.15, -0.1) is 0 Å². The maximum atomic E-state index is 13.5. The molecule has 0 saturated carbocycles. The molecular weight excluding hydrogens is 344 g/mol. The molecule has 1 unspecified atom stereocenters. The molecule has 120 valence electrons. The second-order valence-corrected chi connectivity index (χ2v) is 5.87. The van der Waals surface area contributed by atoms with E-state index in [2.05, 4.69) is 5.32 Å². The Balaban J connectivity index is 1.78. The molecule has 1 aliphatic heterocycles. The summed E-state index contributed by atoms with van der Waals surface area (Å²) >= 11 is 11.6. The van der Waals surface area contributed by atoms with Crippen LogP contribution in [0.1, 0.15) is 28.9 Å². The Labute approximate surface area is 142 Å². The van der Waals surface area contributed by atoms with Gasteiger partial charge in [0.1, 0.15) is 5.82 Å². The summed E-state index contributed by atoms with van der Waals surface area (Å²) in [6.07, 6.45) is 0. The average molecular weight is 356 g/mol. The number of carbonyl (C=O) groups excluding carboxylic acids is 1. The summed E-state index contributed by atoms with van der Waals surface area (Å²) in [5.41, 5.74) is 0.856. The molecule has 0 spiro atoms. The third-order valence-electron chi connectivity index (χ3n) is 3.50.